The monoisotopic (exact) mass is 228 g/mol. The Bertz CT molecular complexity index is 588. The van der Waals surface area contributed by atoms with E-state index in [1.807, 2.05) is 25.1 Å². The standard InChI is InChI=1S/C13H12N2O2/c1-3-17-11-4-5-12-9(7-11)6-10(8-14)13(15-12)16-2/h4-7H,3H2,1-2H3. The Morgan fingerprint density at radius 3 is 2.82 bits per heavy atom. The fourth-order valence-electron chi connectivity index (χ4n) is 1.63. The molecule has 0 amide bonds. The summed E-state index contributed by atoms with van der Waals surface area (Å²) in [6, 6.07) is 9.39. The van der Waals surface area contributed by atoms with Crippen LogP contribution >= 0.6 is 0 Å². The van der Waals surface area contributed by atoms with Crippen molar-refractivity contribution < 1.29 is 9.47 Å². The minimum absolute atomic E-state index is 0.351. The molecule has 0 N–H and O–H groups in total. The van der Waals surface area contributed by atoms with Gasteiger partial charge in [-0.05, 0) is 31.2 Å². The van der Waals surface area contributed by atoms with Crippen molar-refractivity contribution in [1.29, 1.82) is 5.26 Å². The van der Waals surface area contributed by atoms with E-state index in [-0.39, 0.29) is 0 Å². The molecule has 1 aromatic heterocycles. The number of nitrogens with zero attached hydrogens (tertiary/aromatic N) is 2. The molecule has 4 nitrogen and oxygen atoms in total. The van der Waals surface area contributed by atoms with E-state index in [1.165, 1.54) is 7.11 Å². The number of hydrogen-bond donors (Lipinski definition) is 0. The van der Waals surface area contributed by atoms with Crippen molar-refractivity contribution in [3.63, 3.8) is 0 Å². The van der Waals surface area contributed by atoms with E-state index in [9.17, 15) is 0 Å². The number of nitriles is 1. The van der Waals surface area contributed by atoms with Crippen LogP contribution in [0.4, 0.5) is 0 Å². The Balaban J connectivity index is 2.59. The Morgan fingerprint density at radius 2 is 2.18 bits per heavy atom. The van der Waals surface area contributed by atoms with Crippen molar-refractivity contribution in [2.24, 2.45) is 0 Å². The highest BCUT2D eigenvalue weighted by molar-refractivity contribution is 5.82. The normalized spacial score (nSPS) is 9.94. The van der Waals surface area contributed by atoms with Crippen LogP contribution in [0, 0.1) is 11.3 Å². The van der Waals surface area contributed by atoms with E-state index in [4.69, 9.17) is 14.7 Å². The molecule has 1 aromatic carbocycles. The summed E-state index contributed by atoms with van der Waals surface area (Å²) in [5.74, 6) is 1.13. The summed E-state index contributed by atoms with van der Waals surface area (Å²) < 4.78 is 10.5. The van der Waals surface area contributed by atoms with Gasteiger partial charge in [-0.3, -0.25) is 0 Å². The molecule has 0 aliphatic carbocycles. The molecule has 0 aliphatic rings. The fraction of sp³-hybridized carbons (Fsp3) is 0.231. The molecule has 2 rings (SSSR count). The average molecular weight is 228 g/mol. The van der Waals surface area contributed by atoms with Gasteiger partial charge < -0.3 is 9.47 Å². The van der Waals surface area contributed by atoms with Crippen molar-refractivity contribution in [3.8, 4) is 17.7 Å². The Morgan fingerprint density at radius 1 is 1.35 bits per heavy atom. The van der Waals surface area contributed by atoms with Crippen molar-refractivity contribution in [3.05, 3.63) is 29.8 Å². The summed E-state index contributed by atoms with van der Waals surface area (Å²) >= 11 is 0. The molecule has 0 spiro atoms. The number of methoxy groups -OCH3 is 1. The molecule has 17 heavy (non-hydrogen) atoms. The van der Waals surface area contributed by atoms with Crippen LogP contribution in [0.25, 0.3) is 10.9 Å². The highest BCUT2D eigenvalue weighted by Gasteiger charge is 2.07. The Kier molecular flexibility index (Phi) is 3.10. The summed E-state index contributed by atoms with van der Waals surface area (Å²) in [6.45, 7) is 2.54. The highest BCUT2D eigenvalue weighted by Crippen LogP contribution is 2.24. The molecule has 0 saturated carbocycles. The van der Waals surface area contributed by atoms with Crippen LogP contribution in [0.15, 0.2) is 24.3 Å². The van der Waals surface area contributed by atoms with Crippen molar-refractivity contribution in [1.82, 2.24) is 4.98 Å². The Labute approximate surface area is 99.4 Å². The predicted octanol–water partition coefficient (Wildman–Crippen LogP) is 2.51. The molecule has 0 radical (unpaired) electrons. The molecule has 0 bridgehead atoms. The second-order valence-electron chi connectivity index (χ2n) is 3.44. The molecule has 4 heteroatoms. The third-order valence-electron chi connectivity index (χ3n) is 2.38. The average Bonchev–Trinajstić information content (AvgIpc) is 2.37. The summed E-state index contributed by atoms with van der Waals surface area (Å²) in [6.07, 6.45) is 0. The van der Waals surface area contributed by atoms with Gasteiger partial charge in [-0.2, -0.15) is 5.26 Å². The zero-order valence-electron chi connectivity index (χ0n) is 9.73. The lowest BCUT2D eigenvalue weighted by Gasteiger charge is -2.06. The van der Waals surface area contributed by atoms with Crippen LogP contribution in [0.3, 0.4) is 0 Å². The van der Waals surface area contributed by atoms with Crippen molar-refractivity contribution >= 4 is 10.9 Å². The van der Waals surface area contributed by atoms with Crippen LogP contribution in [0.2, 0.25) is 0 Å². The predicted molar refractivity (Wildman–Crippen MR) is 64.2 cm³/mol. The number of fused-ring (bicyclic) bond motifs is 1. The van der Waals surface area contributed by atoms with E-state index in [2.05, 4.69) is 11.1 Å². The van der Waals surface area contributed by atoms with Crippen molar-refractivity contribution in [2.45, 2.75) is 6.92 Å². The molecule has 0 aliphatic heterocycles. The summed E-state index contributed by atoms with van der Waals surface area (Å²) in [4.78, 5) is 4.27. The first kappa shape index (κ1) is 11.2. The van der Waals surface area contributed by atoms with Crippen LogP contribution in [0.1, 0.15) is 12.5 Å². The van der Waals surface area contributed by atoms with Crippen molar-refractivity contribution in [2.75, 3.05) is 13.7 Å². The number of ether oxygens (including phenoxy) is 2. The van der Waals surface area contributed by atoms with Crippen LogP contribution in [0.5, 0.6) is 11.6 Å². The SMILES string of the molecule is CCOc1ccc2nc(OC)c(C#N)cc2c1. The van der Waals surface area contributed by atoms with E-state index >= 15 is 0 Å². The third-order valence-corrected chi connectivity index (χ3v) is 2.38. The van der Waals surface area contributed by atoms with E-state index < -0.39 is 0 Å². The third kappa shape index (κ3) is 2.13. The number of rotatable bonds is 3. The first-order valence-electron chi connectivity index (χ1n) is 5.30. The molecule has 0 atom stereocenters. The molecular formula is C13H12N2O2. The van der Waals surface area contributed by atoms with E-state index in [0.29, 0.717) is 18.1 Å². The maximum absolute atomic E-state index is 8.98. The lowest BCUT2D eigenvalue weighted by atomic mass is 10.1. The van der Waals surface area contributed by atoms with E-state index in [0.717, 1.165) is 16.7 Å². The summed E-state index contributed by atoms with van der Waals surface area (Å²) in [7, 11) is 1.50. The van der Waals surface area contributed by atoms with Gasteiger partial charge in [0.1, 0.15) is 17.4 Å². The largest absolute Gasteiger partial charge is 0.494 e. The minimum atomic E-state index is 0.351. The number of hydrogen-bond acceptors (Lipinski definition) is 4. The van der Waals surface area contributed by atoms with Gasteiger partial charge in [0, 0.05) is 5.39 Å². The van der Waals surface area contributed by atoms with Gasteiger partial charge in [0.25, 0.3) is 0 Å². The second kappa shape index (κ2) is 4.71. The van der Waals surface area contributed by atoms with Gasteiger partial charge >= 0.3 is 0 Å². The summed E-state index contributed by atoms with van der Waals surface area (Å²) in [5.41, 5.74) is 1.21. The lowest BCUT2D eigenvalue weighted by Crippen LogP contribution is -1.94. The molecular weight excluding hydrogens is 216 g/mol. The van der Waals surface area contributed by atoms with Gasteiger partial charge in [0.2, 0.25) is 5.88 Å². The second-order valence-corrected chi connectivity index (χ2v) is 3.44. The summed E-state index contributed by atoms with van der Waals surface area (Å²) in [5, 5.41) is 9.85. The van der Waals surface area contributed by atoms with Gasteiger partial charge in [0.15, 0.2) is 0 Å². The van der Waals surface area contributed by atoms with E-state index in [1.54, 1.807) is 6.07 Å². The smallest absolute Gasteiger partial charge is 0.231 e. The number of aromatic nitrogens is 1. The molecule has 1 heterocycles. The quantitative estimate of drug-likeness (QED) is 0.810. The maximum atomic E-state index is 8.98. The van der Waals surface area contributed by atoms with Crippen LogP contribution in [-0.4, -0.2) is 18.7 Å². The molecule has 86 valence electrons. The number of pyridine rings is 1. The maximum Gasteiger partial charge on any atom is 0.231 e. The number of benzene rings is 1. The lowest BCUT2D eigenvalue weighted by molar-refractivity contribution is 0.340. The molecule has 0 saturated heterocycles. The molecule has 2 aromatic rings. The fourth-order valence-corrected chi connectivity index (χ4v) is 1.63. The Hall–Kier alpha value is -2.28. The van der Waals surface area contributed by atoms with Gasteiger partial charge in [-0.25, -0.2) is 4.98 Å². The van der Waals surface area contributed by atoms with Crippen LogP contribution in [-0.2, 0) is 0 Å². The first-order chi connectivity index (χ1) is 8.28. The minimum Gasteiger partial charge on any atom is -0.494 e. The van der Waals surface area contributed by atoms with Crippen LogP contribution < -0.4 is 9.47 Å². The van der Waals surface area contributed by atoms with Gasteiger partial charge in [-0.1, -0.05) is 0 Å². The topological polar surface area (TPSA) is 55.1 Å². The van der Waals surface area contributed by atoms with Gasteiger partial charge in [0.05, 0.1) is 19.2 Å². The molecule has 0 unspecified atom stereocenters. The first-order valence-corrected chi connectivity index (χ1v) is 5.30. The zero-order chi connectivity index (χ0) is 12.3. The van der Waals surface area contributed by atoms with Gasteiger partial charge in [-0.15, -0.1) is 0 Å². The highest BCUT2D eigenvalue weighted by atomic mass is 16.5. The molecule has 0 fully saturated rings. The zero-order valence-corrected chi connectivity index (χ0v) is 9.73.